The lowest BCUT2D eigenvalue weighted by molar-refractivity contribution is 0.480. The van der Waals surface area contributed by atoms with Crippen LogP contribution in [0.25, 0.3) is 55.3 Å². The number of rotatable bonds is 6. The van der Waals surface area contributed by atoms with Gasteiger partial charge in [-0.1, -0.05) is 125 Å². The summed E-state index contributed by atoms with van der Waals surface area (Å²) in [5.74, 6) is 3.31. The molecule has 0 bridgehead atoms. The molecule has 0 amide bonds. The molecule has 68 heavy (non-hydrogen) atoms. The van der Waals surface area contributed by atoms with E-state index in [2.05, 4.69) is 244 Å². The van der Waals surface area contributed by atoms with Crippen LogP contribution in [0.3, 0.4) is 0 Å². The Hall–Kier alpha value is -8.34. The fourth-order valence-electron chi connectivity index (χ4n) is 11.9. The third-order valence-corrected chi connectivity index (χ3v) is 15.2. The van der Waals surface area contributed by atoms with Gasteiger partial charge in [0.2, 0.25) is 0 Å². The minimum atomic E-state index is -0.116. The number of para-hydroxylation sites is 2. The molecule has 0 saturated carbocycles. The minimum absolute atomic E-state index is 0.116. The molecule has 0 fully saturated rings. The predicted molar refractivity (Wildman–Crippen MR) is 279 cm³/mol. The SMILES string of the molecule is CC1(C)c2ccccc2-c2ccc(N(c3ccccc3)c3ccc4c(c3)Oc3ccc5c6c(ccc-4c36)Oc3cc(N(c4ccccc4)c4ccc6c(c4)C(C)(C)c4ccccc4-6)ccc3-5)cc21. The van der Waals surface area contributed by atoms with Crippen LogP contribution >= 0.6 is 0 Å². The van der Waals surface area contributed by atoms with E-state index in [0.29, 0.717) is 0 Å². The van der Waals surface area contributed by atoms with E-state index in [9.17, 15) is 0 Å². The summed E-state index contributed by atoms with van der Waals surface area (Å²) >= 11 is 0. The Bertz CT molecular complexity index is 3510. The Kier molecular flexibility index (Phi) is 8.06. The predicted octanol–water partition coefficient (Wildman–Crippen LogP) is 17.9. The first-order valence-corrected chi connectivity index (χ1v) is 23.7. The van der Waals surface area contributed by atoms with E-state index in [1.165, 1.54) is 44.5 Å². The summed E-state index contributed by atoms with van der Waals surface area (Å²) in [5.41, 5.74) is 21.3. The van der Waals surface area contributed by atoms with E-state index in [1.54, 1.807) is 0 Å². The number of nitrogens with zero attached hydrogens (tertiary/aromatic N) is 2. The maximum Gasteiger partial charge on any atom is 0.137 e. The van der Waals surface area contributed by atoms with Crippen LogP contribution < -0.4 is 19.3 Å². The van der Waals surface area contributed by atoms with Gasteiger partial charge in [-0.2, -0.15) is 0 Å². The van der Waals surface area contributed by atoms with Crippen molar-refractivity contribution in [3.63, 3.8) is 0 Å². The molecule has 0 saturated heterocycles. The molecule has 0 aromatic heterocycles. The van der Waals surface area contributed by atoms with E-state index in [-0.39, 0.29) is 10.8 Å². The van der Waals surface area contributed by atoms with Crippen LogP contribution in [-0.4, -0.2) is 0 Å². The van der Waals surface area contributed by atoms with Crippen LogP contribution in [0.5, 0.6) is 23.0 Å². The zero-order chi connectivity index (χ0) is 45.5. The summed E-state index contributed by atoms with van der Waals surface area (Å²) in [7, 11) is 0. The molecule has 4 nitrogen and oxygen atoms in total. The fourth-order valence-corrected chi connectivity index (χ4v) is 11.9. The maximum atomic E-state index is 6.95. The van der Waals surface area contributed by atoms with Crippen molar-refractivity contribution in [2.75, 3.05) is 9.80 Å². The average Bonchev–Trinajstić information content (AvgIpc) is 3.74. The smallest absolute Gasteiger partial charge is 0.137 e. The maximum absolute atomic E-state index is 6.95. The largest absolute Gasteiger partial charge is 0.456 e. The van der Waals surface area contributed by atoms with Crippen molar-refractivity contribution in [1.29, 1.82) is 0 Å². The van der Waals surface area contributed by atoms with Crippen molar-refractivity contribution >= 4 is 44.9 Å². The number of hydrogen-bond acceptors (Lipinski definition) is 4. The topological polar surface area (TPSA) is 24.9 Å². The fraction of sp³-hybridized carbons (Fsp3) is 0.0938. The highest BCUT2D eigenvalue weighted by atomic mass is 16.5. The Morgan fingerprint density at radius 2 is 0.603 bits per heavy atom. The third kappa shape index (κ3) is 5.49. The second-order valence-electron chi connectivity index (χ2n) is 19.7. The lowest BCUT2D eigenvalue weighted by atomic mass is 9.82. The summed E-state index contributed by atoms with van der Waals surface area (Å²) in [6, 6.07) is 74.8. The summed E-state index contributed by atoms with van der Waals surface area (Å²) in [4.78, 5) is 4.70. The van der Waals surface area contributed by atoms with Crippen LogP contribution in [-0.2, 0) is 10.8 Å². The van der Waals surface area contributed by atoms with Gasteiger partial charge in [-0.25, -0.2) is 0 Å². The minimum Gasteiger partial charge on any atom is -0.456 e. The lowest BCUT2D eigenvalue weighted by Gasteiger charge is -2.31. The van der Waals surface area contributed by atoms with Crippen molar-refractivity contribution in [2.24, 2.45) is 0 Å². The van der Waals surface area contributed by atoms with E-state index in [0.717, 1.165) is 90.1 Å². The molecule has 4 aliphatic rings. The van der Waals surface area contributed by atoms with Gasteiger partial charge in [0.05, 0.1) is 0 Å². The number of anilines is 6. The third-order valence-electron chi connectivity index (χ3n) is 15.2. The molecule has 0 unspecified atom stereocenters. The van der Waals surface area contributed by atoms with E-state index in [1.807, 2.05) is 0 Å². The van der Waals surface area contributed by atoms with E-state index >= 15 is 0 Å². The van der Waals surface area contributed by atoms with Crippen molar-refractivity contribution < 1.29 is 9.47 Å². The Morgan fingerprint density at radius 3 is 1.03 bits per heavy atom. The number of fused-ring (bicyclic) bond motifs is 10. The first-order chi connectivity index (χ1) is 33.2. The monoisotopic (exact) mass is 874 g/mol. The van der Waals surface area contributed by atoms with E-state index < -0.39 is 0 Å². The van der Waals surface area contributed by atoms with Crippen LogP contribution in [0.2, 0.25) is 0 Å². The molecule has 14 rings (SSSR count). The molecule has 0 radical (unpaired) electrons. The summed E-state index contributed by atoms with van der Waals surface area (Å²) < 4.78 is 13.9. The highest BCUT2D eigenvalue weighted by Gasteiger charge is 2.38. The lowest BCUT2D eigenvalue weighted by Crippen LogP contribution is -2.16. The van der Waals surface area contributed by atoms with Crippen molar-refractivity contribution in [1.82, 2.24) is 0 Å². The standard InChI is InChI=1S/C64H46N2O2/c1-63(2)53-21-13-11-19-45(53)47-27-23-41(35-55(47)63)65(39-15-7-5-8-16-39)43-25-29-49-51-31-34-58-62-52(32-33-57(61(51)62)67-59(49)37-43)50-30-26-44(38-60(50)68-58)66(40-17-9-6-10-18-40)42-24-28-48-46-20-12-14-22-54(46)64(3,4)56(48)36-42/h5-38H,1-4H3. The first-order valence-electron chi connectivity index (χ1n) is 23.7. The summed E-state index contributed by atoms with van der Waals surface area (Å²) in [6.45, 7) is 9.35. The second kappa shape index (κ2) is 14.1. The molecule has 0 spiro atoms. The molecular formula is C64H46N2O2. The zero-order valence-electron chi connectivity index (χ0n) is 38.3. The van der Waals surface area contributed by atoms with Gasteiger partial charge in [0.25, 0.3) is 0 Å². The Labute approximate surface area is 396 Å². The number of hydrogen-bond donors (Lipinski definition) is 0. The van der Waals surface area contributed by atoms with Crippen LogP contribution in [0.4, 0.5) is 34.1 Å². The highest BCUT2D eigenvalue weighted by Crippen LogP contribution is 2.58. The molecule has 4 heteroatoms. The molecule has 10 aromatic carbocycles. The van der Waals surface area contributed by atoms with Gasteiger partial charge in [-0.15, -0.1) is 0 Å². The molecule has 2 aliphatic carbocycles. The van der Waals surface area contributed by atoms with Gasteiger partial charge in [-0.3, -0.25) is 0 Å². The van der Waals surface area contributed by atoms with Crippen molar-refractivity contribution in [2.45, 2.75) is 38.5 Å². The van der Waals surface area contributed by atoms with Gasteiger partial charge in [0.1, 0.15) is 23.0 Å². The zero-order valence-corrected chi connectivity index (χ0v) is 38.3. The van der Waals surface area contributed by atoms with Crippen LogP contribution in [0, 0.1) is 0 Å². The second-order valence-corrected chi connectivity index (χ2v) is 19.7. The molecule has 0 atom stereocenters. The molecule has 2 heterocycles. The van der Waals surface area contributed by atoms with Gasteiger partial charge in [0, 0.05) is 79.0 Å². The average molecular weight is 875 g/mol. The first kappa shape index (κ1) is 38.9. The van der Waals surface area contributed by atoms with E-state index in [4.69, 9.17) is 9.47 Å². The summed E-state index contributed by atoms with van der Waals surface area (Å²) in [6.07, 6.45) is 0. The Balaban J connectivity index is 0.843. The highest BCUT2D eigenvalue weighted by molar-refractivity contribution is 6.14. The summed E-state index contributed by atoms with van der Waals surface area (Å²) in [5, 5.41) is 2.14. The molecule has 0 N–H and O–H groups in total. The van der Waals surface area contributed by atoms with Crippen molar-refractivity contribution in [3.8, 4) is 67.5 Å². The van der Waals surface area contributed by atoms with Gasteiger partial charge in [-0.05, 0) is 153 Å². The number of benzene rings is 10. The quantitative estimate of drug-likeness (QED) is 0.166. The normalized spacial score (nSPS) is 14.4. The van der Waals surface area contributed by atoms with Crippen LogP contribution in [0.15, 0.2) is 206 Å². The van der Waals surface area contributed by atoms with Gasteiger partial charge >= 0.3 is 0 Å². The number of ether oxygens (including phenoxy) is 2. The van der Waals surface area contributed by atoms with Gasteiger partial charge in [0.15, 0.2) is 0 Å². The molecule has 324 valence electrons. The molecule has 2 aliphatic heterocycles. The molecule has 10 aromatic rings. The Morgan fingerprint density at radius 1 is 0.265 bits per heavy atom. The molecular weight excluding hydrogens is 829 g/mol. The van der Waals surface area contributed by atoms with Crippen molar-refractivity contribution in [3.05, 3.63) is 229 Å². The van der Waals surface area contributed by atoms with Gasteiger partial charge < -0.3 is 19.3 Å². The van der Waals surface area contributed by atoms with Crippen LogP contribution in [0.1, 0.15) is 49.9 Å².